The number of likely N-dealkylation sites (tertiary alicyclic amines) is 1. The summed E-state index contributed by atoms with van der Waals surface area (Å²) in [5.41, 5.74) is 7.97. The first-order chi connectivity index (χ1) is 9.97. The summed E-state index contributed by atoms with van der Waals surface area (Å²) in [5.74, 6) is -0.211. The minimum absolute atomic E-state index is 0.178. The van der Waals surface area contributed by atoms with E-state index in [2.05, 4.69) is 17.3 Å². The second kappa shape index (κ2) is 6.80. The largest absolute Gasteiger partial charge is 0.478 e. The maximum Gasteiger partial charge on any atom is 0.337 e. The number of rotatable bonds is 5. The zero-order valence-electron chi connectivity index (χ0n) is 12.9. The molecule has 0 aromatic heterocycles. The predicted molar refractivity (Wildman–Crippen MR) is 85.9 cm³/mol. The Labute approximate surface area is 126 Å². The third-order valence-corrected chi connectivity index (χ3v) is 4.34. The second-order valence-electron chi connectivity index (χ2n) is 6.02. The van der Waals surface area contributed by atoms with Gasteiger partial charge >= 0.3 is 5.97 Å². The number of aromatic carboxylic acids is 1. The average molecular weight is 291 g/mol. The van der Waals surface area contributed by atoms with Crippen LogP contribution in [0.1, 0.15) is 35.2 Å². The van der Waals surface area contributed by atoms with Crippen LogP contribution in [0.25, 0.3) is 0 Å². The summed E-state index contributed by atoms with van der Waals surface area (Å²) in [6.45, 7) is 5.06. The Bertz CT molecular complexity index is 508. The molecule has 1 heterocycles. The summed E-state index contributed by atoms with van der Waals surface area (Å²) in [6.07, 6.45) is 3.62. The van der Waals surface area contributed by atoms with E-state index in [1.165, 1.54) is 25.9 Å². The van der Waals surface area contributed by atoms with Crippen LogP contribution in [-0.2, 0) is 0 Å². The van der Waals surface area contributed by atoms with Gasteiger partial charge in [0.2, 0.25) is 0 Å². The number of aryl methyl sites for hydroxylation is 1. The van der Waals surface area contributed by atoms with Crippen molar-refractivity contribution in [3.05, 3.63) is 23.3 Å². The molecule has 21 heavy (non-hydrogen) atoms. The van der Waals surface area contributed by atoms with E-state index in [0.717, 1.165) is 30.1 Å². The number of nitrogens with two attached hydrogens (primary N) is 1. The zero-order chi connectivity index (χ0) is 15.4. The summed E-state index contributed by atoms with van der Waals surface area (Å²) in [4.78, 5) is 13.5. The summed E-state index contributed by atoms with van der Waals surface area (Å²) in [7, 11) is 2.17. The van der Waals surface area contributed by atoms with E-state index in [0.29, 0.717) is 5.69 Å². The molecule has 1 aromatic carbocycles. The molecule has 116 valence electrons. The fourth-order valence-corrected chi connectivity index (χ4v) is 2.85. The highest BCUT2D eigenvalue weighted by Crippen LogP contribution is 2.24. The van der Waals surface area contributed by atoms with Gasteiger partial charge in [-0.25, -0.2) is 4.79 Å². The van der Waals surface area contributed by atoms with E-state index in [4.69, 9.17) is 10.8 Å². The van der Waals surface area contributed by atoms with Crippen molar-refractivity contribution in [2.24, 2.45) is 5.92 Å². The van der Waals surface area contributed by atoms with Gasteiger partial charge in [-0.3, -0.25) is 0 Å². The maximum atomic E-state index is 11.2. The number of carbonyl (C=O) groups is 1. The number of hydrogen-bond acceptors (Lipinski definition) is 4. The number of piperidine rings is 1. The third-order valence-electron chi connectivity index (χ3n) is 4.34. The van der Waals surface area contributed by atoms with Crippen molar-refractivity contribution in [3.63, 3.8) is 0 Å². The van der Waals surface area contributed by atoms with E-state index >= 15 is 0 Å². The van der Waals surface area contributed by atoms with Crippen LogP contribution < -0.4 is 11.1 Å². The number of benzene rings is 1. The molecule has 5 heteroatoms. The van der Waals surface area contributed by atoms with Crippen molar-refractivity contribution < 1.29 is 9.90 Å². The van der Waals surface area contributed by atoms with Crippen LogP contribution in [0.2, 0.25) is 0 Å². The summed E-state index contributed by atoms with van der Waals surface area (Å²) in [6, 6.07) is 3.54. The van der Waals surface area contributed by atoms with Crippen LogP contribution in [0.3, 0.4) is 0 Å². The van der Waals surface area contributed by atoms with E-state index in [9.17, 15) is 4.79 Å². The minimum Gasteiger partial charge on any atom is -0.478 e. The molecule has 1 aliphatic rings. The molecule has 4 N–H and O–H groups in total. The molecular formula is C16H25N3O2. The summed E-state index contributed by atoms with van der Waals surface area (Å²) < 4.78 is 0. The average Bonchev–Trinajstić information content (AvgIpc) is 2.44. The quantitative estimate of drug-likeness (QED) is 0.726. The third kappa shape index (κ3) is 4.11. The first-order valence-electron chi connectivity index (χ1n) is 7.53. The molecule has 2 rings (SSSR count). The molecule has 1 aromatic rings. The zero-order valence-corrected chi connectivity index (χ0v) is 12.9. The highest BCUT2D eigenvalue weighted by Gasteiger charge is 2.16. The topological polar surface area (TPSA) is 78.6 Å². The fraction of sp³-hybridized carbons (Fsp3) is 0.562. The van der Waals surface area contributed by atoms with Crippen molar-refractivity contribution in [1.82, 2.24) is 4.90 Å². The normalized spacial score (nSPS) is 16.9. The van der Waals surface area contributed by atoms with Gasteiger partial charge in [0.15, 0.2) is 0 Å². The lowest BCUT2D eigenvalue weighted by molar-refractivity contribution is 0.0698. The van der Waals surface area contributed by atoms with Crippen LogP contribution in [-0.4, -0.2) is 42.7 Å². The first kappa shape index (κ1) is 15.6. The Balaban J connectivity index is 1.90. The lowest BCUT2D eigenvalue weighted by atomic mass is 9.94. The molecule has 0 radical (unpaired) electrons. The molecule has 0 aliphatic carbocycles. The minimum atomic E-state index is -0.977. The van der Waals surface area contributed by atoms with Gasteiger partial charge < -0.3 is 21.1 Å². The van der Waals surface area contributed by atoms with Gasteiger partial charge in [-0.2, -0.15) is 0 Å². The number of hydrogen-bond donors (Lipinski definition) is 3. The lowest BCUT2D eigenvalue weighted by Crippen LogP contribution is -2.30. The summed E-state index contributed by atoms with van der Waals surface area (Å²) >= 11 is 0. The van der Waals surface area contributed by atoms with Gasteiger partial charge in [0.05, 0.1) is 5.56 Å². The van der Waals surface area contributed by atoms with Crippen molar-refractivity contribution in [2.45, 2.75) is 26.2 Å². The van der Waals surface area contributed by atoms with E-state index in [1.807, 2.05) is 13.0 Å². The van der Waals surface area contributed by atoms with Crippen LogP contribution >= 0.6 is 0 Å². The van der Waals surface area contributed by atoms with Gasteiger partial charge in [0.25, 0.3) is 0 Å². The van der Waals surface area contributed by atoms with Crippen molar-refractivity contribution in [3.8, 4) is 0 Å². The fourth-order valence-electron chi connectivity index (χ4n) is 2.85. The van der Waals surface area contributed by atoms with Gasteiger partial charge in [-0.1, -0.05) is 0 Å². The van der Waals surface area contributed by atoms with Crippen molar-refractivity contribution in [2.75, 3.05) is 37.7 Å². The maximum absolute atomic E-state index is 11.2. The first-order valence-corrected chi connectivity index (χ1v) is 7.53. The Morgan fingerprint density at radius 1 is 1.43 bits per heavy atom. The SMILES string of the molecule is Cc1cc(NCCC2CCN(C)CC2)cc(C(=O)O)c1N. The molecule has 0 unspecified atom stereocenters. The van der Waals surface area contributed by atoms with E-state index in [-0.39, 0.29) is 5.56 Å². The van der Waals surface area contributed by atoms with Crippen molar-refractivity contribution in [1.29, 1.82) is 0 Å². The number of carboxylic acids is 1. The number of nitrogens with one attached hydrogen (secondary N) is 1. The Morgan fingerprint density at radius 2 is 2.10 bits per heavy atom. The summed E-state index contributed by atoms with van der Waals surface area (Å²) in [5, 5.41) is 12.5. The number of nitrogen functional groups attached to an aromatic ring is 1. The number of anilines is 2. The molecular weight excluding hydrogens is 266 g/mol. The van der Waals surface area contributed by atoms with Crippen LogP contribution in [0.15, 0.2) is 12.1 Å². The van der Waals surface area contributed by atoms with E-state index in [1.54, 1.807) is 6.07 Å². The molecule has 1 aliphatic heterocycles. The highest BCUT2D eigenvalue weighted by molar-refractivity contribution is 5.95. The highest BCUT2D eigenvalue weighted by atomic mass is 16.4. The molecule has 0 atom stereocenters. The monoisotopic (exact) mass is 291 g/mol. The van der Waals surface area contributed by atoms with Gasteiger partial charge in [-0.05, 0) is 69.9 Å². The second-order valence-corrected chi connectivity index (χ2v) is 6.02. The number of carboxylic acid groups (broad SMARTS) is 1. The smallest absolute Gasteiger partial charge is 0.337 e. The molecule has 5 nitrogen and oxygen atoms in total. The lowest BCUT2D eigenvalue weighted by Gasteiger charge is -2.29. The molecule has 1 fully saturated rings. The Hall–Kier alpha value is -1.75. The molecule has 0 bridgehead atoms. The van der Waals surface area contributed by atoms with Crippen LogP contribution in [0.5, 0.6) is 0 Å². The van der Waals surface area contributed by atoms with Crippen LogP contribution in [0.4, 0.5) is 11.4 Å². The van der Waals surface area contributed by atoms with Crippen LogP contribution in [0, 0.1) is 12.8 Å². The number of nitrogens with zero attached hydrogens (tertiary/aromatic N) is 1. The molecule has 0 spiro atoms. The van der Waals surface area contributed by atoms with Gasteiger partial charge in [0, 0.05) is 17.9 Å². The van der Waals surface area contributed by atoms with Gasteiger partial charge in [0.1, 0.15) is 0 Å². The Morgan fingerprint density at radius 3 is 2.71 bits per heavy atom. The molecule has 0 saturated carbocycles. The predicted octanol–water partition coefficient (Wildman–Crippen LogP) is 2.42. The molecule has 0 amide bonds. The standard InChI is InChI=1S/C16H25N3O2/c1-11-9-13(10-14(15(11)17)16(20)21)18-6-3-12-4-7-19(2)8-5-12/h9-10,12,18H,3-8,17H2,1-2H3,(H,20,21). The Kier molecular flexibility index (Phi) is 5.07. The van der Waals surface area contributed by atoms with Crippen molar-refractivity contribution >= 4 is 17.3 Å². The molecule has 1 saturated heterocycles. The van der Waals surface area contributed by atoms with Gasteiger partial charge in [-0.15, -0.1) is 0 Å². The van der Waals surface area contributed by atoms with E-state index < -0.39 is 5.97 Å².